The van der Waals surface area contributed by atoms with E-state index >= 15 is 0 Å². The number of alkyl halides is 3. The number of benzene rings is 1. The Labute approximate surface area is 109 Å². The van der Waals surface area contributed by atoms with Crippen molar-refractivity contribution in [3.05, 3.63) is 29.8 Å². The van der Waals surface area contributed by atoms with Crippen LogP contribution in [0.1, 0.15) is 18.9 Å². The van der Waals surface area contributed by atoms with Crippen molar-refractivity contribution in [2.75, 3.05) is 5.01 Å². The summed E-state index contributed by atoms with van der Waals surface area (Å²) in [6, 6.07) is 4.96. The van der Waals surface area contributed by atoms with E-state index in [0.29, 0.717) is 5.69 Å². The largest absolute Gasteiger partial charge is 0.406 e. The molecule has 1 aromatic rings. The molecule has 1 aromatic carbocycles. The third-order valence-electron chi connectivity index (χ3n) is 3.29. The summed E-state index contributed by atoms with van der Waals surface area (Å²) < 4.78 is 38.6. The number of carbonyl (C=O) groups is 1. The monoisotopic (exact) mass is 272 g/mol. The number of carbonyl (C=O) groups excluding carboxylic acids is 1. The lowest BCUT2D eigenvalue weighted by Gasteiger charge is -2.20. The minimum absolute atomic E-state index is 0.151. The van der Waals surface area contributed by atoms with Gasteiger partial charge in [-0.2, -0.15) is 13.2 Å². The molecule has 1 N–H and O–H groups in total. The molecule has 3 nitrogen and oxygen atoms in total. The summed E-state index contributed by atoms with van der Waals surface area (Å²) in [5, 5.41) is 1.01. The van der Waals surface area contributed by atoms with Crippen LogP contribution in [0.3, 0.4) is 0 Å². The van der Waals surface area contributed by atoms with Gasteiger partial charge in [-0.15, -0.1) is 0 Å². The summed E-state index contributed by atoms with van der Waals surface area (Å²) >= 11 is 0. The first-order chi connectivity index (χ1) is 8.84. The summed E-state index contributed by atoms with van der Waals surface area (Å²) in [7, 11) is 0. The number of halogens is 3. The quantitative estimate of drug-likeness (QED) is 0.898. The van der Waals surface area contributed by atoms with Gasteiger partial charge in [0.15, 0.2) is 0 Å². The van der Waals surface area contributed by atoms with Crippen LogP contribution in [0.15, 0.2) is 24.3 Å². The van der Waals surface area contributed by atoms with Gasteiger partial charge in [0.05, 0.1) is 11.6 Å². The van der Waals surface area contributed by atoms with Crippen molar-refractivity contribution >= 4 is 11.6 Å². The molecule has 1 heterocycles. The average Bonchev–Trinajstić information content (AvgIpc) is 2.67. The maximum Gasteiger partial charge on any atom is 0.406 e. The summed E-state index contributed by atoms with van der Waals surface area (Å²) in [5.74, 6) is -1.60. The van der Waals surface area contributed by atoms with Gasteiger partial charge in [0.1, 0.15) is 6.04 Å². The molecule has 2 unspecified atom stereocenters. The highest BCUT2D eigenvalue weighted by molar-refractivity contribution is 5.96. The van der Waals surface area contributed by atoms with Crippen LogP contribution >= 0.6 is 0 Å². The van der Waals surface area contributed by atoms with E-state index in [1.165, 1.54) is 0 Å². The molecule has 1 saturated heterocycles. The second-order valence-electron chi connectivity index (χ2n) is 4.67. The van der Waals surface area contributed by atoms with Crippen LogP contribution in [-0.2, 0) is 4.79 Å². The molecule has 104 valence electrons. The molecule has 1 amide bonds. The van der Waals surface area contributed by atoms with Gasteiger partial charge in [-0.1, -0.05) is 24.6 Å². The van der Waals surface area contributed by atoms with Crippen molar-refractivity contribution < 1.29 is 18.0 Å². The number of rotatable bonds is 2. The molecule has 1 fully saturated rings. The fourth-order valence-corrected chi connectivity index (χ4v) is 2.21. The van der Waals surface area contributed by atoms with Crippen LogP contribution in [0.4, 0.5) is 18.9 Å². The first kappa shape index (κ1) is 13.9. The third kappa shape index (κ3) is 2.58. The maximum atomic E-state index is 12.9. The van der Waals surface area contributed by atoms with E-state index in [0.717, 1.165) is 10.6 Å². The smallest absolute Gasteiger partial charge is 0.273 e. The van der Waals surface area contributed by atoms with E-state index in [1.807, 2.05) is 6.92 Å². The highest BCUT2D eigenvalue weighted by Crippen LogP contribution is 2.34. The van der Waals surface area contributed by atoms with E-state index in [-0.39, 0.29) is 6.42 Å². The number of nitrogens with zero attached hydrogens (tertiary/aromatic N) is 1. The van der Waals surface area contributed by atoms with Gasteiger partial charge in [0.2, 0.25) is 5.91 Å². The Morgan fingerprint density at radius 3 is 2.26 bits per heavy atom. The summed E-state index contributed by atoms with van der Waals surface area (Å²) in [6.45, 7) is 3.46. The highest BCUT2D eigenvalue weighted by atomic mass is 19.4. The first-order valence-corrected chi connectivity index (χ1v) is 6.08. The van der Waals surface area contributed by atoms with Gasteiger partial charge in [-0.25, -0.2) is 10.4 Å². The van der Waals surface area contributed by atoms with Crippen molar-refractivity contribution in [2.45, 2.75) is 32.5 Å². The average molecular weight is 272 g/mol. The Bertz CT molecular complexity index is 470. The van der Waals surface area contributed by atoms with Crippen LogP contribution in [0.25, 0.3) is 0 Å². The number of amides is 1. The zero-order chi connectivity index (χ0) is 14.2. The second kappa shape index (κ2) is 4.85. The number of anilines is 1. The second-order valence-corrected chi connectivity index (χ2v) is 4.67. The molecule has 1 aliphatic rings. The lowest BCUT2D eigenvalue weighted by Crippen LogP contribution is -2.45. The topological polar surface area (TPSA) is 32.3 Å². The predicted octanol–water partition coefficient (Wildman–Crippen LogP) is 2.80. The molecule has 0 spiro atoms. The van der Waals surface area contributed by atoms with E-state index < -0.39 is 24.0 Å². The van der Waals surface area contributed by atoms with Crippen LogP contribution in [0, 0.1) is 12.8 Å². The molecule has 1 aliphatic heterocycles. The Hall–Kier alpha value is -1.56. The molecule has 6 heteroatoms. The normalized spacial score (nSPS) is 24.1. The molecule has 2 rings (SSSR count). The lowest BCUT2D eigenvalue weighted by molar-refractivity contribution is -0.163. The number of hydrogen-bond acceptors (Lipinski definition) is 2. The zero-order valence-corrected chi connectivity index (χ0v) is 10.7. The number of hydrazine groups is 1. The Kier molecular flexibility index (Phi) is 3.54. The van der Waals surface area contributed by atoms with Gasteiger partial charge in [0.25, 0.3) is 0 Å². The molecule has 0 aliphatic carbocycles. The Morgan fingerprint density at radius 1 is 1.26 bits per heavy atom. The number of aryl methyl sites for hydroxylation is 1. The number of nitrogens with one attached hydrogen (secondary N) is 1. The van der Waals surface area contributed by atoms with Gasteiger partial charge < -0.3 is 0 Å². The lowest BCUT2D eigenvalue weighted by atomic mass is 9.98. The van der Waals surface area contributed by atoms with Crippen molar-refractivity contribution in [1.82, 2.24) is 5.43 Å². The van der Waals surface area contributed by atoms with Crippen LogP contribution < -0.4 is 10.4 Å². The molecule has 0 saturated carbocycles. The van der Waals surface area contributed by atoms with Crippen molar-refractivity contribution in [1.29, 1.82) is 0 Å². The molecular weight excluding hydrogens is 257 g/mol. The summed E-state index contributed by atoms with van der Waals surface area (Å²) in [5.41, 5.74) is 3.69. The molecule has 2 atom stereocenters. The number of hydrogen-bond donors (Lipinski definition) is 1. The van der Waals surface area contributed by atoms with Crippen molar-refractivity contribution in [3.63, 3.8) is 0 Å². The van der Waals surface area contributed by atoms with Crippen LogP contribution in [0.2, 0.25) is 0 Å². The van der Waals surface area contributed by atoms with Crippen LogP contribution in [0.5, 0.6) is 0 Å². The molecule has 19 heavy (non-hydrogen) atoms. The first-order valence-electron chi connectivity index (χ1n) is 6.08. The highest BCUT2D eigenvalue weighted by Gasteiger charge is 2.53. The predicted molar refractivity (Wildman–Crippen MR) is 65.4 cm³/mol. The van der Waals surface area contributed by atoms with Crippen molar-refractivity contribution in [2.24, 2.45) is 5.92 Å². The Morgan fingerprint density at radius 2 is 1.84 bits per heavy atom. The van der Waals surface area contributed by atoms with Gasteiger partial charge >= 0.3 is 6.18 Å². The molecule has 0 radical (unpaired) electrons. The molecule has 0 aromatic heterocycles. The van der Waals surface area contributed by atoms with E-state index in [1.54, 1.807) is 31.2 Å². The minimum atomic E-state index is -4.43. The minimum Gasteiger partial charge on any atom is -0.273 e. The van der Waals surface area contributed by atoms with E-state index in [4.69, 9.17) is 0 Å². The summed E-state index contributed by atoms with van der Waals surface area (Å²) in [4.78, 5) is 12.0. The van der Waals surface area contributed by atoms with Crippen LogP contribution in [-0.4, -0.2) is 18.1 Å². The van der Waals surface area contributed by atoms with E-state index in [2.05, 4.69) is 5.43 Å². The fraction of sp³-hybridized carbons (Fsp3) is 0.462. The SMILES string of the molecule is CCC1C(=O)N(c2ccc(C)cc2)NC1C(F)(F)F. The Balaban J connectivity index is 2.29. The van der Waals surface area contributed by atoms with Gasteiger partial charge in [0, 0.05) is 0 Å². The third-order valence-corrected chi connectivity index (χ3v) is 3.29. The van der Waals surface area contributed by atoms with E-state index in [9.17, 15) is 18.0 Å². The maximum absolute atomic E-state index is 12.9. The van der Waals surface area contributed by atoms with Gasteiger partial charge in [-0.05, 0) is 25.5 Å². The standard InChI is InChI=1S/C13H15F3N2O/c1-3-10-11(13(14,15)16)17-18(12(10)19)9-6-4-8(2)5-7-9/h4-7,10-11,17H,3H2,1-2H3. The summed E-state index contributed by atoms with van der Waals surface area (Å²) in [6.07, 6.45) is -4.28. The molecule has 0 bridgehead atoms. The van der Waals surface area contributed by atoms with Gasteiger partial charge in [-0.3, -0.25) is 4.79 Å². The fourth-order valence-electron chi connectivity index (χ4n) is 2.21. The zero-order valence-electron chi connectivity index (χ0n) is 10.7. The van der Waals surface area contributed by atoms with Crippen molar-refractivity contribution in [3.8, 4) is 0 Å². The molecular formula is C13H15F3N2O.